The van der Waals surface area contributed by atoms with Crippen molar-refractivity contribution < 1.29 is 22.8 Å². The Balaban J connectivity index is 1.52. The molecule has 0 saturated carbocycles. The summed E-state index contributed by atoms with van der Waals surface area (Å²) in [5.74, 6) is 4.73. The van der Waals surface area contributed by atoms with Gasteiger partial charge in [-0.05, 0) is 42.5 Å². The number of hydrogen-bond acceptors (Lipinski definition) is 3. The van der Waals surface area contributed by atoms with Crippen LogP contribution in [0.5, 0.6) is 0 Å². The molecule has 1 saturated heterocycles. The predicted molar refractivity (Wildman–Crippen MR) is 104 cm³/mol. The lowest BCUT2D eigenvalue weighted by Gasteiger charge is -2.31. The van der Waals surface area contributed by atoms with E-state index in [0.717, 1.165) is 18.6 Å². The number of benzene rings is 1. The maximum Gasteiger partial charge on any atom is 0.416 e. The van der Waals surface area contributed by atoms with E-state index >= 15 is 0 Å². The van der Waals surface area contributed by atoms with E-state index in [0.29, 0.717) is 24.4 Å². The number of amides is 2. The van der Waals surface area contributed by atoms with Gasteiger partial charge in [0.25, 0.3) is 5.91 Å². The molecule has 1 atom stereocenters. The molecule has 0 aliphatic carbocycles. The minimum absolute atomic E-state index is 0.0322. The van der Waals surface area contributed by atoms with Crippen molar-refractivity contribution in [2.75, 3.05) is 19.6 Å². The monoisotopic (exact) mass is 420 g/mol. The van der Waals surface area contributed by atoms with E-state index < -0.39 is 11.7 Å². The van der Waals surface area contributed by atoms with Crippen molar-refractivity contribution in [3.05, 3.63) is 57.8 Å². The molecule has 1 aromatic heterocycles. The van der Waals surface area contributed by atoms with Crippen LogP contribution in [0.1, 0.15) is 33.6 Å². The molecule has 0 radical (unpaired) electrons. The molecule has 2 heterocycles. The maximum atomic E-state index is 12.7. The smallest absolute Gasteiger partial charge is 0.345 e. The van der Waals surface area contributed by atoms with Gasteiger partial charge in [-0.3, -0.25) is 9.59 Å². The van der Waals surface area contributed by atoms with Crippen LogP contribution in [0.2, 0.25) is 0 Å². The number of nitrogens with one attached hydrogen (secondary N) is 1. The van der Waals surface area contributed by atoms with E-state index in [4.69, 9.17) is 0 Å². The highest BCUT2D eigenvalue weighted by Crippen LogP contribution is 2.29. The molecule has 1 aliphatic heterocycles. The van der Waals surface area contributed by atoms with Crippen molar-refractivity contribution in [1.82, 2.24) is 10.2 Å². The molecule has 2 amide bonds. The third-order valence-electron chi connectivity index (χ3n) is 4.58. The molecule has 0 unspecified atom stereocenters. The zero-order chi connectivity index (χ0) is 20.9. The van der Waals surface area contributed by atoms with Gasteiger partial charge in [0.05, 0.1) is 22.9 Å². The van der Waals surface area contributed by atoms with E-state index in [1.165, 1.54) is 23.5 Å². The van der Waals surface area contributed by atoms with Crippen molar-refractivity contribution >= 4 is 23.2 Å². The Bertz CT molecular complexity index is 929. The number of piperidine rings is 1. The van der Waals surface area contributed by atoms with Gasteiger partial charge in [-0.2, -0.15) is 13.2 Å². The first-order valence-electron chi connectivity index (χ1n) is 9.11. The number of carbonyl (C=O) groups excluding carboxylic acids is 2. The van der Waals surface area contributed by atoms with Crippen molar-refractivity contribution in [1.29, 1.82) is 0 Å². The molecular formula is C21H19F3N2O2S. The molecule has 1 N–H and O–H groups in total. The van der Waals surface area contributed by atoms with Crippen LogP contribution in [-0.2, 0) is 11.0 Å². The first-order chi connectivity index (χ1) is 13.8. The average molecular weight is 420 g/mol. The average Bonchev–Trinajstić information content (AvgIpc) is 3.25. The van der Waals surface area contributed by atoms with Crippen LogP contribution in [0.15, 0.2) is 41.8 Å². The lowest BCUT2D eigenvalue weighted by Crippen LogP contribution is -2.45. The largest absolute Gasteiger partial charge is 0.416 e. The number of carbonyl (C=O) groups is 2. The minimum Gasteiger partial charge on any atom is -0.345 e. The van der Waals surface area contributed by atoms with Gasteiger partial charge < -0.3 is 10.2 Å². The normalized spacial score (nSPS) is 16.7. The Morgan fingerprint density at radius 3 is 2.79 bits per heavy atom. The van der Waals surface area contributed by atoms with Crippen LogP contribution in [0, 0.1) is 17.8 Å². The Morgan fingerprint density at radius 2 is 2.07 bits per heavy atom. The quantitative estimate of drug-likeness (QED) is 0.769. The second-order valence-electron chi connectivity index (χ2n) is 6.67. The first-order valence-corrected chi connectivity index (χ1v) is 9.99. The highest BCUT2D eigenvalue weighted by atomic mass is 32.1. The van der Waals surface area contributed by atoms with Gasteiger partial charge in [-0.25, -0.2) is 0 Å². The number of thiophene rings is 1. The number of alkyl halides is 3. The summed E-state index contributed by atoms with van der Waals surface area (Å²) in [5, 5.41) is 4.53. The molecule has 1 fully saturated rings. The molecule has 0 bridgehead atoms. The predicted octanol–water partition coefficient (Wildman–Crippen LogP) is 3.79. The zero-order valence-electron chi connectivity index (χ0n) is 15.5. The van der Waals surface area contributed by atoms with Gasteiger partial charge in [0.1, 0.15) is 0 Å². The molecule has 2 aromatic rings. The molecule has 3 rings (SSSR count). The zero-order valence-corrected chi connectivity index (χ0v) is 16.3. The van der Waals surface area contributed by atoms with Gasteiger partial charge in [0.15, 0.2) is 0 Å². The van der Waals surface area contributed by atoms with Crippen molar-refractivity contribution in [2.45, 2.75) is 19.0 Å². The number of likely N-dealkylation sites (tertiary alicyclic amines) is 1. The molecule has 1 aliphatic rings. The summed E-state index contributed by atoms with van der Waals surface area (Å²) < 4.78 is 38.1. The summed E-state index contributed by atoms with van der Waals surface area (Å²) >= 11 is 1.37. The third-order valence-corrected chi connectivity index (χ3v) is 5.44. The molecule has 29 heavy (non-hydrogen) atoms. The Kier molecular flexibility index (Phi) is 6.60. The topological polar surface area (TPSA) is 49.4 Å². The second kappa shape index (κ2) is 9.14. The summed E-state index contributed by atoms with van der Waals surface area (Å²) in [5.41, 5.74) is -0.523. The third kappa shape index (κ3) is 5.61. The fourth-order valence-electron chi connectivity index (χ4n) is 3.13. The number of hydrogen-bond donors (Lipinski definition) is 1. The summed E-state index contributed by atoms with van der Waals surface area (Å²) in [4.78, 5) is 27.2. The molecule has 8 heteroatoms. The van der Waals surface area contributed by atoms with Gasteiger partial charge in [0, 0.05) is 18.7 Å². The Morgan fingerprint density at radius 1 is 1.24 bits per heavy atom. The van der Waals surface area contributed by atoms with Crippen LogP contribution in [0.25, 0.3) is 0 Å². The van der Waals surface area contributed by atoms with Crippen LogP contribution in [-0.4, -0.2) is 36.3 Å². The summed E-state index contributed by atoms with van der Waals surface area (Å²) in [6, 6.07) is 8.32. The van der Waals surface area contributed by atoms with Crippen LogP contribution < -0.4 is 5.32 Å². The van der Waals surface area contributed by atoms with Crippen LogP contribution >= 0.6 is 11.3 Å². The summed E-state index contributed by atoms with van der Waals surface area (Å²) in [6.45, 7) is 1.00. The molecule has 1 aromatic carbocycles. The lowest BCUT2D eigenvalue weighted by molar-refractivity contribution is -0.137. The van der Waals surface area contributed by atoms with E-state index in [9.17, 15) is 22.8 Å². The highest BCUT2D eigenvalue weighted by molar-refractivity contribution is 7.12. The van der Waals surface area contributed by atoms with E-state index in [1.54, 1.807) is 11.0 Å². The number of halogens is 3. The van der Waals surface area contributed by atoms with Crippen molar-refractivity contribution in [3.8, 4) is 11.8 Å². The van der Waals surface area contributed by atoms with Crippen LogP contribution in [0.4, 0.5) is 13.2 Å². The van der Waals surface area contributed by atoms with E-state index in [2.05, 4.69) is 17.2 Å². The van der Waals surface area contributed by atoms with Crippen molar-refractivity contribution in [3.63, 3.8) is 0 Å². The standard InChI is InChI=1S/C21H19F3N2O2S/c22-21(23,24)17-8-1-5-15(13-17)6-2-10-25-19(27)16-7-3-11-26(14-16)20(28)18-9-4-12-29-18/h1,4-5,8-9,12-13,16H,3,7,10-11,14H2,(H,25,27)/t16-/m1/s1. The maximum absolute atomic E-state index is 12.7. The SMILES string of the molecule is O=C(NCC#Cc1cccc(C(F)(F)F)c1)[C@@H]1CCCN(C(=O)c2cccs2)C1. The van der Waals surface area contributed by atoms with E-state index in [-0.39, 0.29) is 29.8 Å². The fraction of sp³-hybridized carbons (Fsp3) is 0.333. The molecular weight excluding hydrogens is 401 g/mol. The molecule has 0 spiro atoms. The lowest BCUT2D eigenvalue weighted by atomic mass is 9.97. The van der Waals surface area contributed by atoms with Gasteiger partial charge >= 0.3 is 6.18 Å². The van der Waals surface area contributed by atoms with E-state index in [1.807, 2.05) is 11.4 Å². The summed E-state index contributed by atoms with van der Waals surface area (Å²) in [7, 11) is 0. The minimum atomic E-state index is -4.42. The number of rotatable bonds is 3. The van der Waals surface area contributed by atoms with Gasteiger partial charge in [-0.1, -0.05) is 24.0 Å². The second-order valence-corrected chi connectivity index (χ2v) is 7.61. The molecule has 4 nitrogen and oxygen atoms in total. The van der Waals surface area contributed by atoms with Crippen LogP contribution in [0.3, 0.4) is 0 Å². The van der Waals surface area contributed by atoms with Gasteiger partial charge in [-0.15, -0.1) is 11.3 Å². The Labute approximate surface area is 170 Å². The number of nitrogens with zero attached hydrogens (tertiary/aromatic N) is 1. The summed E-state index contributed by atoms with van der Waals surface area (Å²) in [6.07, 6.45) is -2.99. The van der Waals surface area contributed by atoms with Gasteiger partial charge in [0.2, 0.25) is 5.91 Å². The fourth-order valence-corrected chi connectivity index (χ4v) is 3.82. The van der Waals surface area contributed by atoms with Crippen molar-refractivity contribution in [2.24, 2.45) is 5.92 Å². The Hall–Kier alpha value is -2.79. The first kappa shape index (κ1) is 20.9. The highest BCUT2D eigenvalue weighted by Gasteiger charge is 2.30. The molecule has 152 valence electrons.